The summed E-state index contributed by atoms with van der Waals surface area (Å²) in [5.41, 5.74) is 0.171. The third-order valence-electron chi connectivity index (χ3n) is 8.54. The monoisotopic (exact) mass is 415 g/mol. The van der Waals surface area contributed by atoms with Crippen LogP contribution in [-0.4, -0.2) is 35.2 Å². The molecule has 3 unspecified atom stereocenters. The van der Waals surface area contributed by atoms with Gasteiger partial charge in [0.2, 0.25) is 0 Å². The van der Waals surface area contributed by atoms with Crippen LogP contribution >= 0.6 is 0 Å². The Morgan fingerprint density at radius 2 is 1.87 bits per heavy atom. The van der Waals surface area contributed by atoms with Gasteiger partial charge in [0.1, 0.15) is 23.3 Å². The molecule has 0 N–H and O–H groups in total. The first-order chi connectivity index (χ1) is 14.4. The molecule has 162 valence electrons. The van der Waals surface area contributed by atoms with Crippen LogP contribution in [0.4, 0.5) is 8.78 Å². The molecule has 1 heterocycles. The molecule has 5 saturated carbocycles. The molecule has 1 aliphatic heterocycles. The van der Waals surface area contributed by atoms with E-state index in [1.807, 2.05) is 6.92 Å². The summed E-state index contributed by atoms with van der Waals surface area (Å²) in [6.45, 7) is 2.74. The predicted octanol–water partition coefficient (Wildman–Crippen LogP) is 5.62. The Hall–Kier alpha value is -1.65. The van der Waals surface area contributed by atoms with Gasteiger partial charge >= 0.3 is 0 Å². The predicted molar refractivity (Wildman–Crippen MR) is 110 cm³/mol. The summed E-state index contributed by atoms with van der Waals surface area (Å²) in [5.74, 6) is 1.25. The fourth-order valence-electron chi connectivity index (χ4n) is 7.16. The smallest absolute Gasteiger partial charge is 0.257 e. The Balaban J connectivity index is 1.29. The average Bonchev–Trinajstić information content (AvgIpc) is 3.43. The minimum absolute atomic E-state index is 0.0116. The van der Waals surface area contributed by atoms with Crippen molar-refractivity contribution in [3.05, 3.63) is 29.1 Å². The maximum Gasteiger partial charge on any atom is 0.257 e. The van der Waals surface area contributed by atoms with E-state index >= 15 is 8.78 Å². The van der Waals surface area contributed by atoms with Gasteiger partial charge < -0.3 is 9.64 Å². The Labute approximate surface area is 177 Å². The van der Waals surface area contributed by atoms with E-state index in [1.165, 1.54) is 6.07 Å². The molecule has 4 bridgehead atoms. The van der Waals surface area contributed by atoms with E-state index in [-0.39, 0.29) is 35.5 Å². The first-order valence-electron chi connectivity index (χ1n) is 11.9. The van der Waals surface area contributed by atoms with Crippen molar-refractivity contribution < 1.29 is 18.3 Å². The van der Waals surface area contributed by atoms with Crippen LogP contribution in [0.5, 0.6) is 5.75 Å². The van der Waals surface area contributed by atoms with E-state index in [4.69, 9.17) is 4.74 Å². The summed E-state index contributed by atoms with van der Waals surface area (Å²) in [6.07, 6.45) is 8.05. The number of ether oxygens (including phenoxy) is 1. The molecule has 1 saturated heterocycles. The third kappa shape index (κ3) is 3.06. The lowest BCUT2D eigenvalue weighted by Gasteiger charge is -2.56. The number of alkyl halides is 1. The molecule has 3 atom stereocenters. The maximum absolute atomic E-state index is 15.1. The highest BCUT2D eigenvalue weighted by Crippen LogP contribution is 2.58. The van der Waals surface area contributed by atoms with Crippen molar-refractivity contribution >= 4 is 5.91 Å². The van der Waals surface area contributed by atoms with Crippen LogP contribution in [0.15, 0.2) is 12.1 Å². The van der Waals surface area contributed by atoms with E-state index in [1.54, 1.807) is 11.0 Å². The molecule has 1 aromatic carbocycles. The van der Waals surface area contributed by atoms with E-state index in [0.717, 1.165) is 50.5 Å². The van der Waals surface area contributed by atoms with Crippen molar-refractivity contribution in [3.8, 4) is 5.75 Å². The molecule has 0 radical (unpaired) electrons. The number of carbonyl (C=O) groups is 1. The van der Waals surface area contributed by atoms with E-state index in [2.05, 4.69) is 0 Å². The summed E-state index contributed by atoms with van der Waals surface area (Å²) < 4.78 is 36.7. The maximum atomic E-state index is 15.1. The number of hydrogen-bond donors (Lipinski definition) is 0. The molecule has 1 amide bonds. The third-order valence-corrected chi connectivity index (χ3v) is 8.54. The molecule has 5 aliphatic carbocycles. The highest BCUT2D eigenvalue weighted by Gasteiger charge is 2.57. The number of nitrogens with zero attached hydrogens (tertiary/aromatic N) is 1. The number of rotatable bonds is 4. The van der Waals surface area contributed by atoms with E-state index < -0.39 is 11.5 Å². The molecule has 6 fully saturated rings. The van der Waals surface area contributed by atoms with E-state index in [9.17, 15) is 4.79 Å². The van der Waals surface area contributed by atoms with Crippen LogP contribution in [0.1, 0.15) is 86.6 Å². The summed E-state index contributed by atoms with van der Waals surface area (Å²) in [5, 5.41) is 0. The van der Waals surface area contributed by atoms with Gasteiger partial charge in [-0.25, -0.2) is 8.78 Å². The second-order valence-corrected chi connectivity index (χ2v) is 10.8. The van der Waals surface area contributed by atoms with E-state index in [0.29, 0.717) is 37.0 Å². The minimum Gasteiger partial charge on any atom is -0.489 e. The normalized spacial score (nSPS) is 39.6. The Morgan fingerprint density at radius 3 is 2.47 bits per heavy atom. The average molecular weight is 416 g/mol. The second kappa shape index (κ2) is 6.67. The molecule has 6 aliphatic rings. The molecule has 0 spiro atoms. The minimum atomic E-state index is -0.996. The molecule has 3 nitrogen and oxygen atoms in total. The first-order valence-corrected chi connectivity index (χ1v) is 11.9. The highest BCUT2D eigenvalue weighted by molar-refractivity contribution is 5.95. The topological polar surface area (TPSA) is 29.5 Å². The van der Waals surface area contributed by atoms with Gasteiger partial charge in [-0.15, -0.1) is 0 Å². The van der Waals surface area contributed by atoms with Crippen LogP contribution in [0.25, 0.3) is 0 Å². The zero-order valence-electron chi connectivity index (χ0n) is 17.7. The van der Waals surface area contributed by atoms with Crippen molar-refractivity contribution in [3.63, 3.8) is 0 Å². The Bertz CT molecular complexity index is 866. The van der Waals surface area contributed by atoms with Gasteiger partial charge in [0, 0.05) is 18.7 Å². The molecule has 7 rings (SSSR count). The molecule has 0 aromatic heterocycles. The van der Waals surface area contributed by atoms with Crippen LogP contribution in [0.3, 0.4) is 0 Å². The van der Waals surface area contributed by atoms with Gasteiger partial charge in [0.15, 0.2) is 0 Å². The standard InChI is InChI=1S/C25H31F2NO2/c1-14-3-2-6-28(14)24(29)20-9-19(16-4-5-16)22(10-21(20)26)30-23-17-7-15-8-18(23)13-25(27,11-15)12-17/h9-10,14-18,23H,2-8,11-13H2,1H3. The van der Waals surface area contributed by atoms with Crippen LogP contribution in [0, 0.1) is 23.6 Å². The molecule has 1 aromatic rings. The number of benzene rings is 1. The van der Waals surface area contributed by atoms with Crippen molar-refractivity contribution in [2.24, 2.45) is 17.8 Å². The van der Waals surface area contributed by atoms with Crippen LogP contribution in [0.2, 0.25) is 0 Å². The zero-order chi connectivity index (χ0) is 20.6. The van der Waals surface area contributed by atoms with Gasteiger partial charge in [-0.3, -0.25) is 4.79 Å². The molecular formula is C25H31F2NO2. The van der Waals surface area contributed by atoms with Crippen LogP contribution < -0.4 is 4.74 Å². The molecule has 5 heteroatoms. The second-order valence-electron chi connectivity index (χ2n) is 10.8. The zero-order valence-corrected chi connectivity index (χ0v) is 17.7. The largest absolute Gasteiger partial charge is 0.489 e. The number of halogens is 2. The highest BCUT2D eigenvalue weighted by atomic mass is 19.1. The number of amides is 1. The summed E-state index contributed by atoms with van der Waals surface area (Å²) in [4.78, 5) is 14.8. The van der Waals surface area contributed by atoms with Crippen molar-refractivity contribution in [1.29, 1.82) is 0 Å². The Kier molecular flexibility index (Phi) is 4.24. The van der Waals surface area contributed by atoms with Crippen molar-refractivity contribution in [2.75, 3.05) is 6.54 Å². The summed E-state index contributed by atoms with van der Waals surface area (Å²) in [7, 11) is 0. The molecule has 30 heavy (non-hydrogen) atoms. The number of carbonyl (C=O) groups excluding carboxylic acids is 1. The summed E-state index contributed by atoms with van der Waals surface area (Å²) >= 11 is 0. The van der Waals surface area contributed by atoms with Gasteiger partial charge in [0.25, 0.3) is 5.91 Å². The van der Waals surface area contributed by atoms with Gasteiger partial charge in [-0.05, 0) is 100 Å². The SMILES string of the molecule is CC1CCCN1C(=O)c1cc(C2CC2)c(OC2C3CC4CC2CC(F)(C4)C3)cc1F. The van der Waals surface area contributed by atoms with Gasteiger partial charge in [-0.1, -0.05) is 0 Å². The first kappa shape index (κ1) is 19.1. The Morgan fingerprint density at radius 1 is 1.13 bits per heavy atom. The van der Waals surface area contributed by atoms with Gasteiger partial charge in [-0.2, -0.15) is 0 Å². The lowest BCUT2D eigenvalue weighted by molar-refractivity contribution is -0.134. The lowest BCUT2D eigenvalue weighted by atomic mass is 9.53. The number of hydrogen-bond acceptors (Lipinski definition) is 2. The van der Waals surface area contributed by atoms with Gasteiger partial charge in [0.05, 0.1) is 5.56 Å². The fourth-order valence-corrected chi connectivity index (χ4v) is 7.16. The number of likely N-dealkylation sites (tertiary alicyclic amines) is 1. The quantitative estimate of drug-likeness (QED) is 0.638. The van der Waals surface area contributed by atoms with Crippen molar-refractivity contribution in [1.82, 2.24) is 4.90 Å². The lowest BCUT2D eigenvalue weighted by Crippen LogP contribution is -2.56. The summed E-state index contributed by atoms with van der Waals surface area (Å²) in [6, 6.07) is 3.39. The van der Waals surface area contributed by atoms with Crippen LogP contribution in [-0.2, 0) is 0 Å². The van der Waals surface area contributed by atoms with Crippen molar-refractivity contribution in [2.45, 2.75) is 88.4 Å². The fraction of sp³-hybridized carbons (Fsp3) is 0.720. The molecular weight excluding hydrogens is 384 g/mol.